The first kappa shape index (κ1) is 11.4. The van der Waals surface area contributed by atoms with Crippen LogP contribution in [0.25, 0.3) is 0 Å². The topological polar surface area (TPSA) is 12.4 Å². The van der Waals surface area contributed by atoms with E-state index in [1.165, 1.54) is 32.1 Å². The van der Waals surface area contributed by atoms with Gasteiger partial charge in [-0.1, -0.05) is 39.2 Å². The summed E-state index contributed by atoms with van der Waals surface area (Å²) in [7, 11) is 0. The van der Waals surface area contributed by atoms with E-state index in [1.807, 2.05) is 13.1 Å². The predicted molar refractivity (Wildman–Crippen MR) is 56.7 cm³/mol. The highest BCUT2D eigenvalue weighted by Crippen LogP contribution is 2.03. The van der Waals surface area contributed by atoms with Crippen molar-refractivity contribution in [3.05, 3.63) is 12.3 Å². The molecule has 0 N–H and O–H groups in total. The van der Waals surface area contributed by atoms with Gasteiger partial charge in [0, 0.05) is 11.9 Å². The highest BCUT2D eigenvalue weighted by Gasteiger charge is 1.86. The third-order valence-electron chi connectivity index (χ3n) is 1.75. The molecule has 0 atom stereocenters. The van der Waals surface area contributed by atoms with Crippen LogP contribution in [0.4, 0.5) is 0 Å². The van der Waals surface area contributed by atoms with Gasteiger partial charge in [0.1, 0.15) is 0 Å². The van der Waals surface area contributed by atoms with Gasteiger partial charge in [0.05, 0.1) is 0 Å². The normalized spacial score (nSPS) is 10.8. The molecule has 12 heavy (non-hydrogen) atoms. The highest BCUT2D eigenvalue weighted by atomic mass is 14.7. The molecule has 0 saturated heterocycles. The molecule has 0 fully saturated rings. The lowest BCUT2D eigenvalue weighted by molar-refractivity contribution is 0.645. The lowest BCUT2D eigenvalue weighted by Crippen LogP contribution is -1.79. The van der Waals surface area contributed by atoms with E-state index in [2.05, 4.69) is 18.5 Å². The summed E-state index contributed by atoms with van der Waals surface area (Å²) in [6.07, 6.45) is 9.77. The highest BCUT2D eigenvalue weighted by molar-refractivity contribution is 5.58. The average Bonchev–Trinajstić information content (AvgIpc) is 2.02. The first-order valence-electron chi connectivity index (χ1n) is 4.95. The van der Waals surface area contributed by atoms with Gasteiger partial charge in [0.15, 0.2) is 0 Å². The van der Waals surface area contributed by atoms with Crippen molar-refractivity contribution in [1.82, 2.24) is 0 Å². The van der Waals surface area contributed by atoms with Crippen molar-refractivity contribution in [3.8, 4) is 0 Å². The van der Waals surface area contributed by atoms with Crippen LogP contribution in [0.1, 0.15) is 52.4 Å². The number of hydrogen-bond donors (Lipinski definition) is 0. The standard InChI is InChI=1S/C11H21N/c1-4-5-6-7-8-9-10-12-11(2)3/h10H,2,4-9H2,1,3H3. The Morgan fingerprint density at radius 1 is 1.25 bits per heavy atom. The lowest BCUT2D eigenvalue weighted by atomic mass is 10.1. The minimum atomic E-state index is 0.906. The first-order chi connectivity index (χ1) is 5.77. The Hall–Kier alpha value is -0.590. The van der Waals surface area contributed by atoms with Gasteiger partial charge in [0.25, 0.3) is 0 Å². The molecule has 0 unspecified atom stereocenters. The summed E-state index contributed by atoms with van der Waals surface area (Å²) in [4.78, 5) is 4.12. The molecule has 0 amide bonds. The maximum absolute atomic E-state index is 4.12. The Bertz CT molecular complexity index is 136. The van der Waals surface area contributed by atoms with Crippen LogP contribution < -0.4 is 0 Å². The Morgan fingerprint density at radius 3 is 2.50 bits per heavy atom. The van der Waals surface area contributed by atoms with Crippen LogP contribution in [-0.2, 0) is 0 Å². The van der Waals surface area contributed by atoms with E-state index in [0.717, 1.165) is 12.1 Å². The molecule has 70 valence electrons. The van der Waals surface area contributed by atoms with E-state index < -0.39 is 0 Å². The summed E-state index contributed by atoms with van der Waals surface area (Å²) in [5.74, 6) is 0. The fourth-order valence-corrected chi connectivity index (χ4v) is 1.06. The second kappa shape index (κ2) is 8.51. The molecule has 0 spiro atoms. The minimum Gasteiger partial charge on any atom is -0.267 e. The quantitative estimate of drug-likeness (QED) is 0.402. The Morgan fingerprint density at radius 2 is 1.92 bits per heavy atom. The lowest BCUT2D eigenvalue weighted by Gasteiger charge is -1.95. The second-order valence-corrected chi connectivity index (χ2v) is 3.25. The molecule has 0 aromatic rings. The van der Waals surface area contributed by atoms with Gasteiger partial charge >= 0.3 is 0 Å². The number of unbranched alkanes of at least 4 members (excludes halogenated alkanes) is 5. The van der Waals surface area contributed by atoms with Gasteiger partial charge in [-0.25, -0.2) is 0 Å². The molecule has 0 aliphatic rings. The van der Waals surface area contributed by atoms with Crippen molar-refractivity contribution in [1.29, 1.82) is 0 Å². The Balaban J connectivity index is 3.05. The van der Waals surface area contributed by atoms with Gasteiger partial charge < -0.3 is 0 Å². The van der Waals surface area contributed by atoms with E-state index in [-0.39, 0.29) is 0 Å². The number of rotatable bonds is 7. The van der Waals surface area contributed by atoms with E-state index in [9.17, 15) is 0 Å². The molecule has 0 saturated carbocycles. The molecule has 1 nitrogen and oxygen atoms in total. The molecule has 0 aliphatic carbocycles. The Labute approximate surface area is 76.6 Å². The van der Waals surface area contributed by atoms with Crippen molar-refractivity contribution in [2.45, 2.75) is 52.4 Å². The summed E-state index contributed by atoms with van der Waals surface area (Å²) in [5.41, 5.74) is 0.906. The van der Waals surface area contributed by atoms with Gasteiger partial charge in [-0.05, 0) is 19.8 Å². The van der Waals surface area contributed by atoms with Crippen molar-refractivity contribution in [2.75, 3.05) is 0 Å². The van der Waals surface area contributed by atoms with Crippen LogP contribution in [0.15, 0.2) is 17.3 Å². The maximum atomic E-state index is 4.12. The van der Waals surface area contributed by atoms with Gasteiger partial charge in [-0.3, -0.25) is 4.99 Å². The van der Waals surface area contributed by atoms with Gasteiger partial charge in [-0.15, -0.1) is 0 Å². The molecule has 0 rings (SSSR count). The molecule has 0 aliphatic heterocycles. The molecular formula is C11H21N. The smallest absolute Gasteiger partial charge is 0.0297 e. The number of allylic oxidation sites excluding steroid dienone is 1. The average molecular weight is 167 g/mol. The second-order valence-electron chi connectivity index (χ2n) is 3.25. The van der Waals surface area contributed by atoms with Crippen LogP contribution >= 0.6 is 0 Å². The fraction of sp³-hybridized carbons (Fsp3) is 0.727. The molecule has 1 heteroatoms. The van der Waals surface area contributed by atoms with Gasteiger partial charge in [-0.2, -0.15) is 0 Å². The van der Waals surface area contributed by atoms with Crippen LogP contribution in [0, 0.1) is 0 Å². The van der Waals surface area contributed by atoms with E-state index in [4.69, 9.17) is 0 Å². The van der Waals surface area contributed by atoms with E-state index in [1.54, 1.807) is 0 Å². The molecule has 0 heterocycles. The van der Waals surface area contributed by atoms with Crippen molar-refractivity contribution >= 4 is 6.21 Å². The summed E-state index contributed by atoms with van der Waals surface area (Å²) < 4.78 is 0. The number of nitrogens with zero attached hydrogens (tertiary/aromatic N) is 1. The largest absolute Gasteiger partial charge is 0.267 e. The van der Waals surface area contributed by atoms with E-state index in [0.29, 0.717) is 0 Å². The monoisotopic (exact) mass is 167 g/mol. The van der Waals surface area contributed by atoms with Crippen LogP contribution in [0.3, 0.4) is 0 Å². The molecule has 0 bridgehead atoms. The number of hydrogen-bond acceptors (Lipinski definition) is 1. The van der Waals surface area contributed by atoms with Crippen molar-refractivity contribution in [3.63, 3.8) is 0 Å². The van der Waals surface area contributed by atoms with Crippen LogP contribution in [0.5, 0.6) is 0 Å². The van der Waals surface area contributed by atoms with Crippen LogP contribution in [0.2, 0.25) is 0 Å². The zero-order chi connectivity index (χ0) is 9.23. The minimum absolute atomic E-state index is 0.906. The summed E-state index contributed by atoms with van der Waals surface area (Å²) >= 11 is 0. The molecule has 0 aromatic heterocycles. The first-order valence-corrected chi connectivity index (χ1v) is 4.95. The third-order valence-corrected chi connectivity index (χ3v) is 1.75. The maximum Gasteiger partial charge on any atom is 0.0297 e. The SMILES string of the molecule is C=C(C)N=CCCCCCCC. The summed E-state index contributed by atoms with van der Waals surface area (Å²) in [5, 5.41) is 0. The molecule has 0 radical (unpaired) electrons. The zero-order valence-corrected chi connectivity index (χ0v) is 8.47. The third kappa shape index (κ3) is 9.41. The molecular weight excluding hydrogens is 146 g/mol. The zero-order valence-electron chi connectivity index (χ0n) is 8.47. The fourth-order valence-electron chi connectivity index (χ4n) is 1.06. The Kier molecular flexibility index (Phi) is 8.09. The molecule has 0 aromatic carbocycles. The summed E-state index contributed by atoms with van der Waals surface area (Å²) in [6.45, 7) is 7.87. The van der Waals surface area contributed by atoms with Gasteiger partial charge in [0.2, 0.25) is 0 Å². The number of aliphatic imine (C=N–C) groups is 1. The van der Waals surface area contributed by atoms with Crippen LogP contribution in [-0.4, -0.2) is 6.21 Å². The predicted octanol–water partition coefficient (Wildman–Crippen LogP) is 3.95. The van der Waals surface area contributed by atoms with E-state index >= 15 is 0 Å². The summed E-state index contributed by atoms with van der Waals surface area (Å²) in [6, 6.07) is 0. The van der Waals surface area contributed by atoms with Crippen molar-refractivity contribution in [2.24, 2.45) is 4.99 Å². The van der Waals surface area contributed by atoms with Crippen molar-refractivity contribution < 1.29 is 0 Å².